The minimum Gasteiger partial charge on any atom is -0.313 e. The third-order valence-electron chi connectivity index (χ3n) is 3.33. The molecule has 0 aromatic rings. The average Bonchev–Trinajstić information content (AvgIpc) is 2.20. The zero-order valence-electron chi connectivity index (χ0n) is 12.6. The SMILES string of the molecule is CC(C)NCCN1CCC(C)(C)NC(C)(C)C1. The van der Waals surface area contributed by atoms with Gasteiger partial charge in [-0.05, 0) is 40.7 Å². The van der Waals surface area contributed by atoms with Crippen LogP contribution < -0.4 is 10.6 Å². The van der Waals surface area contributed by atoms with Crippen LogP contribution in [0.1, 0.15) is 48.0 Å². The summed E-state index contributed by atoms with van der Waals surface area (Å²) >= 11 is 0. The lowest BCUT2D eigenvalue weighted by molar-refractivity contribution is 0.223. The third-order valence-corrected chi connectivity index (χ3v) is 3.33. The second-order valence-electron chi connectivity index (χ2n) is 7.03. The Morgan fingerprint density at radius 3 is 2.41 bits per heavy atom. The zero-order chi connectivity index (χ0) is 13.1. The van der Waals surface area contributed by atoms with Gasteiger partial charge in [0, 0.05) is 36.8 Å². The largest absolute Gasteiger partial charge is 0.313 e. The summed E-state index contributed by atoms with van der Waals surface area (Å²) in [6.45, 7) is 18.2. The Balaban J connectivity index is 2.46. The molecule has 102 valence electrons. The maximum absolute atomic E-state index is 3.76. The van der Waals surface area contributed by atoms with E-state index in [9.17, 15) is 0 Å². The average molecular weight is 241 g/mol. The molecule has 0 aromatic carbocycles. The van der Waals surface area contributed by atoms with Crippen LogP contribution in [0, 0.1) is 0 Å². The van der Waals surface area contributed by atoms with Crippen LogP contribution in [-0.2, 0) is 0 Å². The summed E-state index contributed by atoms with van der Waals surface area (Å²) in [7, 11) is 0. The predicted molar refractivity (Wildman–Crippen MR) is 75.5 cm³/mol. The van der Waals surface area contributed by atoms with Gasteiger partial charge in [0.15, 0.2) is 0 Å². The van der Waals surface area contributed by atoms with E-state index in [0.29, 0.717) is 6.04 Å². The van der Waals surface area contributed by atoms with Gasteiger partial charge in [-0.3, -0.25) is 0 Å². The second kappa shape index (κ2) is 5.68. The fraction of sp³-hybridized carbons (Fsp3) is 1.00. The molecule has 2 N–H and O–H groups in total. The molecule has 0 bridgehead atoms. The highest BCUT2D eigenvalue weighted by Crippen LogP contribution is 2.20. The van der Waals surface area contributed by atoms with E-state index < -0.39 is 0 Å². The van der Waals surface area contributed by atoms with E-state index in [-0.39, 0.29) is 11.1 Å². The molecule has 0 radical (unpaired) electrons. The van der Waals surface area contributed by atoms with E-state index in [2.05, 4.69) is 57.1 Å². The van der Waals surface area contributed by atoms with E-state index in [1.54, 1.807) is 0 Å². The van der Waals surface area contributed by atoms with Crippen molar-refractivity contribution in [3.63, 3.8) is 0 Å². The van der Waals surface area contributed by atoms with E-state index in [0.717, 1.165) is 19.6 Å². The van der Waals surface area contributed by atoms with Crippen molar-refractivity contribution in [2.45, 2.75) is 65.1 Å². The molecule has 0 amide bonds. The minimum atomic E-state index is 0.206. The first-order valence-electron chi connectivity index (χ1n) is 6.95. The zero-order valence-corrected chi connectivity index (χ0v) is 12.6. The molecule has 0 spiro atoms. The summed E-state index contributed by atoms with van der Waals surface area (Å²) in [4.78, 5) is 2.58. The Morgan fingerprint density at radius 1 is 1.18 bits per heavy atom. The summed E-state index contributed by atoms with van der Waals surface area (Å²) < 4.78 is 0. The van der Waals surface area contributed by atoms with Crippen molar-refractivity contribution in [1.82, 2.24) is 15.5 Å². The highest BCUT2D eigenvalue weighted by Gasteiger charge is 2.32. The summed E-state index contributed by atoms with van der Waals surface area (Å²) in [6, 6.07) is 0.588. The standard InChI is InChI=1S/C14H31N3/c1-12(2)15-8-10-17-9-7-13(3,4)16-14(5,6)11-17/h12,15-16H,7-11H2,1-6H3. The van der Waals surface area contributed by atoms with Crippen LogP contribution >= 0.6 is 0 Å². The Bertz CT molecular complexity index is 234. The van der Waals surface area contributed by atoms with Crippen LogP contribution in [0.5, 0.6) is 0 Å². The van der Waals surface area contributed by atoms with Crippen molar-refractivity contribution in [2.24, 2.45) is 0 Å². The molecule has 3 nitrogen and oxygen atoms in total. The lowest BCUT2D eigenvalue weighted by Crippen LogP contribution is -2.53. The van der Waals surface area contributed by atoms with Crippen LogP contribution in [-0.4, -0.2) is 48.2 Å². The van der Waals surface area contributed by atoms with Crippen LogP contribution in [0.2, 0.25) is 0 Å². The molecule has 0 aliphatic carbocycles. The topological polar surface area (TPSA) is 27.3 Å². The fourth-order valence-corrected chi connectivity index (χ4v) is 2.80. The Morgan fingerprint density at radius 2 is 1.82 bits per heavy atom. The van der Waals surface area contributed by atoms with Crippen LogP contribution in [0.25, 0.3) is 0 Å². The summed E-state index contributed by atoms with van der Waals surface area (Å²) in [5.41, 5.74) is 0.460. The molecular formula is C14H31N3. The molecule has 17 heavy (non-hydrogen) atoms. The first-order valence-corrected chi connectivity index (χ1v) is 6.95. The summed E-state index contributed by atoms with van der Waals surface area (Å²) in [6.07, 6.45) is 1.22. The number of nitrogens with zero attached hydrogens (tertiary/aromatic N) is 1. The molecule has 0 atom stereocenters. The van der Waals surface area contributed by atoms with Gasteiger partial charge in [0.2, 0.25) is 0 Å². The van der Waals surface area contributed by atoms with E-state index in [1.807, 2.05) is 0 Å². The molecule has 0 aromatic heterocycles. The van der Waals surface area contributed by atoms with Gasteiger partial charge in [0.05, 0.1) is 0 Å². The third kappa shape index (κ3) is 5.84. The number of rotatable bonds is 4. The van der Waals surface area contributed by atoms with Gasteiger partial charge in [-0.2, -0.15) is 0 Å². The lowest BCUT2D eigenvalue weighted by Gasteiger charge is -2.35. The van der Waals surface area contributed by atoms with Gasteiger partial charge in [-0.15, -0.1) is 0 Å². The second-order valence-corrected chi connectivity index (χ2v) is 7.03. The van der Waals surface area contributed by atoms with Crippen molar-refractivity contribution < 1.29 is 0 Å². The van der Waals surface area contributed by atoms with Gasteiger partial charge in [-0.1, -0.05) is 13.8 Å². The van der Waals surface area contributed by atoms with Gasteiger partial charge >= 0.3 is 0 Å². The first kappa shape index (κ1) is 14.9. The molecule has 0 saturated carbocycles. The Labute approximate surface area is 107 Å². The monoisotopic (exact) mass is 241 g/mol. The molecule has 0 unspecified atom stereocenters. The van der Waals surface area contributed by atoms with Gasteiger partial charge in [-0.25, -0.2) is 0 Å². The van der Waals surface area contributed by atoms with Gasteiger partial charge < -0.3 is 15.5 Å². The molecule has 1 aliphatic rings. The number of hydrogen-bond donors (Lipinski definition) is 2. The number of nitrogens with one attached hydrogen (secondary N) is 2. The maximum atomic E-state index is 3.76. The van der Waals surface area contributed by atoms with Crippen LogP contribution in [0.4, 0.5) is 0 Å². The van der Waals surface area contributed by atoms with Gasteiger partial charge in [0.1, 0.15) is 0 Å². The fourth-order valence-electron chi connectivity index (χ4n) is 2.80. The molecular weight excluding hydrogens is 210 g/mol. The molecule has 1 fully saturated rings. The summed E-state index contributed by atoms with van der Waals surface area (Å²) in [5.74, 6) is 0. The van der Waals surface area contributed by atoms with E-state index >= 15 is 0 Å². The highest BCUT2D eigenvalue weighted by atomic mass is 15.2. The van der Waals surface area contributed by atoms with E-state index in [1.165, 1.54) is 13.0 Å². The van der Waals surface area contributed by atoms with Crippen molar-refractivity contribution in [1.29, 1.82) is 0 Å². The molecule has 1 rings (SSSR count). The first-order chi connectivity index (χ1) is 7.70. The van der Waals surface area contributed by atoms with Crippen LogP contribution in [0.3, 0.4) is 0 Å². The maximum Gasteiger partial charge on any atom is 0.0257 e. The number of hydrogen-bond acceptors (Lipinski definition) is 3. The Kier molecular flexibility index (Phi) is 4.99. The van der Waals surface area contributed by atoms with Crippen molar-refractivity contribution >= 4 is 0 Å². The van der Waals surface area contributed by atoms with Crippen molar-refractivity contribution in [3.05, 3.63) is 0 Å². The lowest BCUT2D eigenvalue weighted by atomic mass is 9.96. The molecule has 1 aliphatic heterocycles. The van der Waals surface area contributed by atoms with Crippen LogP contribution in [0.15, 0.2) is 0 Å². The molecule has 1 saturated heterocycles. The predicted octanol–water partition coefficient (Wildman–Crippen LogP) is 1.84. The smallest absolute Gasteiger partial charge is 0.0257 e. The Hall–Kier alpha value is -0.120. The normalized spacial score (nSPS) is 24.9. The molecule has 3 heteroatoms. The quantitative estimate of drug-likeness (QED) is 0.786. The highest BCUT2D eigenvalue weighted by molar-refractivity contribution is 4.94. The van der Waals surface area contributed by atoms with Crippen molar-refractivity contribution in [2.75, 3.05) is 26.2 Å². The van der Waals surface area contributed by atoms with Gasteiger partial charge in [0.25, 0.3) is 0 Å². The van der Waals surface area contributed by atoms with Crippen molar-refractivity contribution in [3.8, 4) is 0 Å². The molecule has 1 heterocycles. The van der Waals surface area contributed by atoms with E-state index in [4.69, 9.17) is 0 Å². The minimum absolute atomic E-state index is 0.206. The summed E-state index contributed by atoms with van der Waals surface area (Å²) in [5, 5.41) is 7.26.